The topological polar surface area (TPSA) is 55.8 Å². The van der Waals surface area contributed by atoms with Crippen LogP contribution < -0.4 is 15.5 Å². The van der Waals surface area contributed by atoms with Crippen LogP contribution >= 0.6 is 0 Å². The molecule has 1 aliphatic heterocycles. The zero-order valence-corrected chi connectivity index (χ0v) is 18.5. The highest BCUT2D eigenvalue weighted by Gasteiger charge is 2.15. The summed E-state index contributed by atoms with van der Waals surface area (Å²) in [6, 6.07) is 4.68. The Bertz CT molecular complexity index is 592. The molecule has 158 valence electrons. The maximum Gasteiger partial charge on any atom is 0.191 e. The number of likely N-dealkylation sites (N-methyl/N-ethyl adjacent to an activating group) is 1. The monoisotopic (exact) mass is 388 g/mol. The Balaban J connectivity index is 1.91. The molecule has 0 spiro atoms. The Hall–Kier alpha value is -1.82. The fraction of sp³-hybridized carbons (Fsp3) is 0.727. The Kier molecular flexibility index (Phi) is 9.55. The van der Waals surface area contributed by atoms with E-state index in [0.717, 1.165) is 50.4 Å². The van der Waals surface area contributed by atoms with Crippen molar-refractivity contribution in [2.75, 3.05) is 44.7 Å². The molecule has 28 heavy (non-hydrogen) atoms. The third kappa shape index (κ3) is 8.05. The van der Waals surface area contributed by atoms with Gasteiger partial charge in [0.2, 0.25) is 0 Å². The van der Waals surface area contributed by atoms with Gasteiger partial charge in [0.25, 0.3) is 0 Å². The van der Waals surface area contributed by atoms with Crippen LogP contribution in [0.5, 0.6) is 0 Å². The van der Waals surface area contributed by atoms with E-state index in [1.165, 1.54) is 24.8 Å². The number of hydrogen-bond acceptors (Lipinski definition) is 4. The zero-order valence-electron chi connectivity index (χ0n) is 18.5. The Morgan fingerprint density at radius 2 is 1.93 bits per heavy atom. The Morgan fingerprint density at radius 3 is 2.61 bits per heavy atom. The molecule has 1 aromatic heterocycles. The van der Waals surface area contributed by atoms with E-state index in [9.17, 15) is 0 Å². The van der Waals surface area contributed by atoms with Crippen molar-refractivity contribution >= 4 is 11.8 Å². The van der Waals surface area contributed by atoms with Gasteiger partial charge in [0.1, 0.15) is 5.82 Å². The number of nitrogens with one attached hydrogen (secondary N) is 2. The first-order valence-electron chi connectivity index (χ1n) is 10.9. The van der Waals surface area contributed by atoms with E-state index in [-0.39, 0.29) is 0 Å². The molecule has 2 heterocycles. The summed E-state index contributed by atoms with van der Waals surface area (Å²) in [4.78, 5) is 14.1. The van der Waals surface area contributed by atoms with Gasteiger partial charge in [-0.25, -0.2) is 9.98 Å². The van der Waals surface area contributed by atoms with Crippen molar-refractivity contribution in [1.82, 2.24) is 20.5 Å². The SMILES string of the molecule is CCNC(=NCc1ccnc(N2CCN(C)CC2)c1)NC(C)CCCC(C)C. The highest BCUT2D eigenvalue weighted by molar-refractivity contribution is 5.80. The van der Waals surface area contributed by atoms with E-state index in [1.807, 2.05) is 6.20 Å². The van der Waals surface area contributed by atoms with Crippen LogP contribution in [0, 0.1) is 5.92 Å². The minimum atomic E-state index is 0.426. The molecular formula is C22H40N6. The first-order chi connectivity index (χ1) is 13.5. The van der Waals surface area contributed by atoms with Gasteiger partial charge < -0.3 is 20.4 Å². The molecule has 1 aromatic rings. The van der Waals surface area contributed by atoms with Gasteiger partial charge in [-0.3, -0.25) is 0 Å². The van der Waals surface area contributed by atoms with Crippen LogP contribution in [-0.2, 0) is 6.54 Å². The predicted octanol–water partition coefficient (Wildman–Crippen LogP) is 3.10. The van der Waals surface area contributed by atoms with Gasteiger partial charge in [-0.2, -0.15) is 0 Å². The number of guanidine groups is 1. The zero-order chi connectivity index (χ0) is 20.4. The number of nitrogens with zero attached hydrogens (tertiary/aromatic N) is 4. The molecule has 0 radical (unpaired) electrons. The maximum atomic E-state index is 4.81. The summed E-state index contributed by atoms with van der Waals surface area (Å²) in [5.41, 5.74) is 1.20. The molecule has 1 fully saturated rings. The smallest absolute Gasteiger partial charge is 0.191 e. The van der Waals surface area contributed by atoms with Crippen LogP contribution in [0.4, 0.5) is 5.82 Å². The number of rotatable bonds is 9. The normalized spacial score (nSPS) is 17.1. The van der Waals surface area contributed by atoms with E-state index in [0.29, 0.717) is 12.6 Å². The molecule has 0 saturated carbocycles. The minimum absolute atomic E-state index is 0.426. The van der Waals surface area contributed by atoms with Crippen molar-refractivity contribution in [1.29, 1.82) is 0 Å². The van der Waals surface area contributed by atoms with Crippen LogP contribution in [0.2, 0.25) is 0 Å². The fourth-order valence-corrected chi connectivity index (χ4v) is 3.40. The standard InChI is InChI=1S/C22H40N6/c1-6-23-22(26-19(4)9-7-8-18(2)3)25-17-20-10-11-24-21(16-20)28-14-12-27(5)13-15-28/h10-11,16,18-19H,6-9,12-15,17H2,1-5H3,(H2,23,25,26). The van der Waals surface area contributed by atoms with Crippen molar-refractivity contribution < 1.29 is 0 Å². The van der Waals surface area contributed by atoms with Gasteiger partial charge in [0.05, 0.1) is 6.54 Å². The number of hydrogen-bond donors (Lipinski definition) is 2. The molecule has 0 bridgehead atoms. The maximum absolute atomic E-state index is 4.81. The van der Waals surface area contributed by atoms with Gasteiger partial charge in [-0.05, 0) is 50.9 Å². The summed E-state index contributed by atoms with van der Waals surface area (Å²) < 4.78 is 0. The lowest BCUT2D eigenvalue weighted by Gasteiger charge is -2.33. The number of aliphatic imine (C=N–C) groups is 1. The van der Waals surface area contributed by atoms with E-state index >= 15 is 0 Å². The first-order valence-corrected chi connectivity index (χ1v) is 10.9. The third-order valence-electron chi connectivity index (χ3n) is 5.20. The first kappa shape index (κ1) is 22.5. The quantitative estimate of drug-likeness (QED) is 0.503. The summed E-state index contributed by atoms with van der Waals surface area (Å²) in [5, 5.41) is 6.93. The lowest BCUT2D eigenvalue weighted by atomic mass is 10.0. The summed E-state index contributed by atoms with van der Waals surface area (Å²) in [6.45, 7) is 14.7. The molecule has 2 N–H and O–H groups in total. The number of aromatic nitrogens is 1. The minimum Gasteiger partial charge on any atom is -0.357 e. The molecule has 0 amide bonds. The lowest BCUT2D eigenvalue weighted by molar-refractivity contribution is 0.312. The highest BCUT2D eigenvalue weighted by Crippen LogP contribution is 2.15. The van der Waals surface area contributed by atoms with Gasteiger partial charge in [0, 0.05) is 45.0 Å². The molecule has 1 saturated heterocycles. The van der Waals surface area contributed by atoms with Crippen molar-refractivity contribution in [3.05, 3.63) is 23.9 Å². The fourth-order valence-electron chi connectivity index (χ4n) is 3.40. The van der Waals surface area contributed by atoms with Crippen molar-refractivity contribution in [3.63, 3.8) is 0 Å². The van der Waals surface area contributed by atoms with Gasteiger partial charge in [-0.15, -0.1) is 0 Å². The molecule has 0 aromatic carbocycles. The molecular weight excluding hydrogens is 348 g/mol. The van der Waals surface area contributed by atoms with Crippen LogP contribution in [0.25, 0.3) is 0 Å². The molecule has 6 heteroatoms. The summed E-state index contributed by atoms with van der Waals surface area (Å²) in [5.74, 6) is 2.74. The second-order valence-electron chi connectivity index (χ2n) is 8.38. The van der Waals surface area contributed by atoms with Crippen LogP contribution in [0.3, 0.4) is 0 Å². The molecule has 2 rings (SSSR count). The summed E-state index contributed by atoms with van der Waals surface area (Å²) in [6.07, 6.45) is 5.62. The summed E-state index contributed by atoms with van der Waals surface area (Å²) >= 11 is 0. The van der Waals surface area contributed by atoms with E-state index < -0.39 is 0 Å². The van der Waals surface area contributed by atoms with E-state index in [4.69, 9.17) is 4.99 Å². The van der Waals surface area contributed by atoms with Gasteiger partial charge in [0.15, 0.2) is 5.96 Å². The largest absolute Gasteiger partial charge is 0.357 e. The highest BCUT2D eigenvalue weighted by atomic mass is 15.3. The van der Waals surface area contributed by atoms with Crippen molar-refractivity contribution in [2.24, 2.45) is 10.9 Å². The molecule has 1 aliphatic rings. The van der Waals surface area contributed by atoms with Crippen molar-refractivity contribution in [3.8, 4) is 0 Å². The Morgan fingerprint density at radius 1 is 1.18 bits per heavy atom. The van der Waals surface area contributed by atoms with E-state index in [1.54, 1.807) is 0 Å². The van der Waals surface area contributed by atoms with Crippen LogP contribution in [-0.4, -0.2) is 61.7 Å². The van der Waals surface area contributed by atoms with Crippen LogP contribution in [0.1, 0.15) is 52.5 Å². The average molecular weight is 389 g/mol. The summed E-state index contributed by atoms with van der Waals surface area (Å²) in [7, 11) is 2.18. The van der Waals surface area contributed by atoms with Gasteiger partial charge in [-0.1, -0.05) is 26.7 Å². The lowest BCUT2D eigenvalue weighted by Crippen LogP contribution is -2.44. The molecule has 0 aliphatic carbocycles. The molecule has 1 unspecified atom stereocenters. The van der Waals surface area contributed by atoms with Crippen LogP contribution in [0.15, 0.2) is 23.3 Å². The third-order valence-corrected chi connectivity index (χ3v) is 5.20. The number of pyridine rings is 1. The second-order valence-corrected chi connectivity index (χ2v) is 8.38. The van der Waals surface area contributed by atoms with E-state index in [2.05, 4.69) is 72.3 Å². The second kappa shape index (κ2) is 11.9. The van der Waals surface area contributed by atoms with Crippen molar-refractivity contribution in [2.45, 2.75) is 59.5 Å². The average Bonchev–Trinajstić information content (AvgIpc) is 2.67. The van der Waals surface area contributed by atoms with Gasteiger partial charge >= 0.3 is 0 Å². The number of anilines is 1. The molecule has 6 nitrogen and oxygen atoms in total. The Labute approximate surface area is 171 Å². The predicted molar refractivity (Wildman–Crippen MR) is 120 cm³/mol. The number of piperazine rings is 1. The molecule has 1 atom stereocenters.